The maximum atomic E-state index is 12.7. The molecule has 3 unspecified atom stereocenters. The fourth-order valence-corrected chi connectivity index (χ4v) is 7.94. The van der Waals surface area contributed by atoms with Gasteiger partial charge in [-0.2, -0.15) is 0 Å². The van der Waals surface area contributed by atoms with E-state index in [1.54, 1.807) is 0 Å². The number of aliphatic hydroxyl groups is 2. The first-order valence-electron chi connectivity index (χ1n) is 25.5. The molecule has 360 valence electrons. The van der Waals surface area contributed by atoms with E-state index in [9.17, 15) is 19.4 Å². The Morgan fingerprint density at radius 1 is 0.508 bits per heavy atom. The zero-order chi connectivity index (χ0) is 44.6. The Balaban J connectivity index is 4.09. The molecule has 0 aromatic carbocycles. The highest BCUT2D eigenvalue weighted by Crippen LogP contribution is 2.43. The Morgan fingerprint density at radius 2 is 0.885 bits per heavy atom. The monoisotopic (exact) mass is 885 g/mol. The number of ether oxygens (including phenoxy) is 2. The molecule has 3 atom stereocenters. The molecule has 10 heteroatoms. The second-order valence-corrected chi connectivity index (χ2v) is 18.6. The number of rotatable bonds is 49. The summed E-state index contributed by atoms with van der Waals surface area (Å²) in [7, 11) is -4.52. The van der Waals surface area contributed by atoms with E-state index in [0.29, 0.717) is 6.61 Å². The van der Waals surface area contributed by atoms with Gasteiger partial charge in [0.2, 0.25) is 0 Å². The Hall–Kier alpha value is -1.32. The SMILES string of the molecule is CCCCCCC/C=C\C/C=C\CCCCCCCCCCCC(=O)OC(COCCCCCCCCCC/C=C\CCCCCCCCC)COP(=O)(O)OCC(O)CO. The van der Waals surface area contributed by atoms with E-state index in [0.717, 1.165) is 51.4 Å². The highest BCUT2D eigenvalue weighted by molar-refractivity contribution is 7.47. The minimum Gasteiger partial charge on any atom is -0.457 e. The standard InChI is InChI=1S/C51H97O9P/c1-3-5-7-9-11-13-15-17-19-21-23-24-25-27-29-31-33-35-37-39-41-43-51(54)60-50(48-59-61(55,56)58-46-49(53)45-52)47-57-44-42-40-38-36-34-32-30-28-26-22-20-18-16-14-12-10-8-6-4-2/h15,17,20-23,49-50,52-53H,3-14,16,18-19,24-48H2,1-2H3,(H,55,56)/b17-15-,22-20-,23-21-. The lowest BCUT2D eigenvalue weighted by atomic mass is 10.1. The number of phosphoric acid groups is 1. The van der Waals surface area contributed by atoms with Crippen molar-refractivity contribution in [1.29, 1.82) is 0 Å². The summed E-state index contributed by atoms with van der Waals surface area (Å²) in [6.07, 6.45) is 53.9. The van der Waals surface area contributed by atoms with E-state index in [4.69, 9.17) is 23.6 Å². The molecule has 0 radical (unpaired) electrons. The van der Waals surface area contributed by atoms with Crippen molar-refractivity contribution in [3.63, 3.8) is 0 Å². The molecule has 61 heavy (non-hydrogen) atoms. The third-order valence-electron chi connectivity index (χ3n) is 11.0. The zero-order valence-corrected chi connectivity index (χ0v) is 40.5. The fraction of sp³-hybridized carbons (Fsp3) is 0.863. The molecule has 0 amide bonds. The number of carbonyl (C=O) groups excluding carboxylic acids is 1. The lowest BCUT2D eigenvalue weighted by Crippen LogP contribution is -2.29. The smallest absolute Gasteiger partial charge is 0.457 e. The topological polar surface area (TPSA) is 132 Å². The van der Waals surface area contributed by atoms with Gasteiger partial charge in [0.15, 0.2) is 0 Å². The average Bonchev–Trinajstić information content (AvgIpc) is 3.25. The molecule has 0 aromatic heterocycles. The molecule has 0 spiro atoms. The lowest BCUT2D eigenvalue weighted by molar-refractivity contribution is -0.154. The van der Waals surface area contributed by atoms with Gasteiger partial charge in [0.25, 0.3) is 0 Å². The number of unbranched alkanes of at least 4 members (excludes halogenated alkanes) is 29. The molecular formula is C51H97O9P. The third kappa shape index (κ3) is 48.0. The molecule has 0 fully saturated rings. The van der Waals surface area contributed by atoms with Gasteiger partial charge < -0.3 is 24.6 Å². The number of aliphatic hydroxyl groups excluding tert-OH is 2. The third-order valence-corrected chi connectivity index (χ3v) is 12.0. The average molecular weight is 885 g/mol. The van der Waals surface area contributed by atoms with Crippen LogP contribution < -0.4 is 0 Å². The van der Waals surface area contributed by atoms with Gasteiger partial charge in [0.1, 0.15) is 12.2 Å². The van der Waals surface area contributed by atoms with Crippen molar-refractivity contribution in [1.82, 2.24) is 0 Å². The van der Waals surface area contributed by atoms with E-state index in [-0.39, 0.29) is 25.6 Å². The maximum absolute atomic E-state index is 12.7. The molecule has 0 saturated heterocycles. The summed E-state index contributed by atoms with van der Waals surface area (Å²) < 4.78 is 33.5. The number of hydrogen-bond donors (Lipinski definition) is 3. The molecule has 0 saturated carbocycles. The van der Waals surface area contributed by atoms with Crippen LogP contribution in [0.2, 0.25) is 0 Å². The van der Waals surface area contributed by atoms with Gasteiger partial charge in [-0.25, -0.2) is 4.57 Å². The van der Waals surface area contributed by atoms with Crippen molar-refractivity contribution < 1.29 is 43.0 Å². The molecule has 9 nitrogen and oxygen atoms in total. The molecule has 0 aromatic rings. The lowest BCUT2D eigenvalue weighted by Gasteiger charge is -2.20. The number of hydrogen-bond acceptors (Lipinski definition) is 8. The van der Waals surface area contributed by atoms with Crippen LogP contribution in [0.5, 0.6) is 0 Å². The first kappa shape index (κ1) is 59.7. The molecule has 0 rings (SSSR count). The highest BCUT2D eigenvalue weighted by Gasteiger charge is 2.26. The van der Waals surface area contributed by atoms with Crippen LogP contribution in [0.4, 0.5) is 0 Å². The van der Waals surface area contributed by atoms with Crippen molar-refractivity contribution in [3.05, 3.63) is 36.5 Å². The van der Waals surface area contributed by atoms with Crippen molar-refractivity contribution in [2.45, 2.75) is 251 Å². The summed E-state index contributed by atoms with van der Waals surface area (Å²) in [5, 5.41) is 18.4. The Bertz CT molecular complexity index is 1050. The first-order chi connectivity index (χ1) is 29.8. The molecule has 3 N–H and O–H groups in total. The van der Waals surface area contributed by atoms with E-state index in [1.807, 2.05) is 0 Å². The van der Waals surface area contributed by atoms with E-state index in [2.05, 4.69) is 50.3 Å². The summed E-state index contributed by atoms with van der Waals surface area (Å²) in [6, 6.07) is 0. The minimum absolute atomic E-state index is 0.0471. The van der Waals surface area contributed by atoms with Gasteiger partial charge >= 0.3 is 13.8 Å². The Kier molecular flexibility index (Phi) is 47.1. The first-order valence-corrected chi connectivity index (χ1v) is 27.0. The van der Waals surface area contributed by atoms with Crippen LogP contribution in [0, 0.1) is 0 Å². The summed E-state index contributed by atoms with van der Waals surface area (Å²) in [4.78, 5) is 22.7. The van der Waals surface area contributed by atoms with Gasteiger partial charge in [0.05, 0.1) is 26.4 Å². The Labute approximate surface area is 375 Å². The largest absolute Gasteiger partial charge is 0.472 e. The quantitative estimate of drug-likeness (QED) is 0.0236. The van der Waals surface area contributed by atoms with Crippen molar-refractivity contribution in [2.24, 2.45) is 0 Å². The van der Waals surface area contributed by atoms with Crippen LogP contribution in [0.3, 0.4) is 0 Å². The van der Waals surface area contributed by atoms with E-state index in [1.165, 1.54) is 167 Å². The van der Waals surface area contributed by atoms with Crippen LogP contribution in [-0.2, 0) is 27.9 Å². The van der Waals surface area contributed by atoms with Crippen molar-refractivity contribution >= 4 is 13.8 Å². The van der Waals surface area contributed by atoms with Crippen LogP contribution in [0.15, 0.2) is 36.5 Å². The molecule has 0 aliphatic heterocycles. The Morgan fingerprint density at radius 3 is 1.33 bits per heavy atom. The normalized spacial score (nSPS) is 14.1. The maximum Gasteiger partial charge on any atom is 0.472 e. The van der Waals surface area contributed by atoms with Gasteiger partial charge in [-0.05, 0) is 70.6 Å². The second-order valence-electron chi connectivity index (χ2n) is 17.2. The van der Waals surface area contributed by atoms with Gasteiger partial charge in [-0.1, -0.05) is 198 Å². The molecular weight excluding hydrogens is 788 g/mol. The molecule has 0 heterocycles. The van der Waals surface area contributed by atoms with Crippen LogP contribution in [0.1, 0.15) is 239 Å². The number of carbonyl (C=O) groups is 1. The molecule has 0 aliphatic carbocycles. The number of allylic oxidation sites excluding steroid dienone is 6. The summed E-state index contributed by atoms with van der Waals surface area (Å²) >= 11 is 0. The van der Waals surface area contributed by atoms with Crippen molar-refractivity contribution in [3.8, 4) is 0 Å². The predicted molar refractivity (Wildman–Crippen MR) is 256 cm³/mol. The fourth-order valence-electron chi connectivity index (χ4n) is 7.15. The van der Waals surface area contributed by atoms with Crippen molar-refractivity contribution in [2.75, 3.05) is 33.0 Å². The summed E-state index contributed by atoms with van der Waals surface area (Å²) in [5.74, 6) is -0.385. The predicted octanol–water partition coefficient (Wildman–Crippen LogP) is 14.8. The minimum atomic E-state index is -4.52. The highest BCUT2D eigenvalue weighted by atomic mass is 31.2. The van der Waals surface area contributed by atoms with Gasteiger partial charge in [-0.15, -0.1) is 0 Å². The van der Waals surface area contributed by atoms with Crippen LogP contribution in [0.25, 0.3) is 0 Å². The van der Waals surface area contributed by atoms with Gasteiger partial charge in [0, 0.05) is 13.0 Å². The summed E-state index contributed by atoms with van der Waals surface area (Å²) in [5.41, 5.74) is 0. The zero-order valence-electron chi connectivity index (χ0n) is 39.6. The second kappa shape index (κ2) is 48.1. The number of phosphoric ester groups is 1. The molecule has 0 bridgehead atoms. The summed E-state index contributed by atoms with van der Waals surface area (Å²) in [6.45, 7) is 3.53. The van der Waals surface area contributed by atoms with E-state index < -0.39 is 33.2 Å². The van der Waals surface area contributed by atoms with Crippen LogP contribution in [-0.4, -0.2) is 66.3 Å². The van der Waals surface area contributed by atoms with E-state index >= 15 is 0 Å². The van der Waals surface area contributed by atoms with Gasteiger partial charge in [-0.3, -0.25) is 13.8 Å². The molecule has 0 aliphatic rings. The van der Waals surface area contributed by atoms with Crippen LogP contribution >= 0.6 is 7.82 Å². The number of esters is 1.